The average Bonchev–Trinajstić information content (AvgIpc) is 3.10. The van der Waals surface area contributed by atoms with Gasteiger partial charge in [-0.05, 0) is 25.8 Å². The third-order valence-electron chi connectivity index (χ3n) is 3.57. The van der Waals surface area contributed by atoms with Crippen LogP contribution < -0.4 is 16.6 Å². The third-order valence-corrected chi connectivity index (χ3v) is 4.51. The van der Waals surface area contributed by atoms with Crippen LogP contribution in [0.15, 0.2) is 6.07 Å². The van der Waals surface area contributed by atoms with E-state index in [0.29, 0.717) is 5.95 Å². The number of fused-ring (bicyclic) bond motifs is 1. The van der Waals surface area contributed by atoms with Gasteiger partial charge in [-0.2, -0.15) is 4.98 Å². The van der Waals surface area contributed by atoms with E-state index in [1.54, 1.807) is 11.3 Å². The summed E-state index contributed by atoms with van der Waals surface area (Å²) in [5.74, 6) is 6.59. The fraction of sp³-hybridized carbons (Fsp3) is 0.500. The van der Waals surface area contributed by atoms with E-state index in [4.69, 9.17) is 5.84 Å². The Morgan fingerprint density at radius 2 is 2.26 bits per heavy atom. The number of nitrogen functional groups attached to an aromatic ring is 1. The van der Waals surface area contributed by atoms with E-state index in [2.05, 4.69) is 26.8 Å². The second-order valence-electron chi connectivity index (χ2n) is 5.13. The van der Waals surface area contributed by atoms with Gasteiger partial charge in [0.1, 0.15) is 10.6 Å². The summed E-state index contributed by atoms with van der Waals surface area (Å²) >= 11 is 1.61. The minimum absolute atomic E-state index is 0.0403. The summed E-state index contributed by atoms with van der Waals surface area (Å²) < 4.78 is 0. The van der Waals surface area contributed by atoms with Gasteiger partial charge in [0.15, 0.2) is 0 Å². The number of hydrogen-bond donors (Lipinski definition) is 4. The smallest absolute Gasteiger partial charge is 0.240 e. The summed E-state index contributed by atoms with van der Waals surface area (Å²) in [4.78, 5) is 10.8. The predicted octanol–water partition coefficient (Wildman–Crippen LogP) is 1.47. The number of anilines is 2. The SMILES string of the molecule is Cc1cc2c(NCC3(CO)CC3)nc(NN)nc2s1. The highest BCUT2D eigenvalue weighted by Crippen LogP contribution is 2.45. The van der Waals surface area contributed by atoms with Crippen LogP contribution in [0.5, 0.6) is 0 Å². The summed E-state index contributed by atoms with van der Waals surface area (Å²) in [6.45, 7) is 3.00. The molecule has 0 radical (unpaired) electrons. The van der Waals surface area contributed by atoms with Crippen molar-refractivity contribution in [3.05, 3.63) is 10.9 Å². The van der Waals surface area contributed by atoms with Crippen LogP contribution in [0.3, 0.4) is 0 Å². The molecule has 1 aliphatic rings. The van der Waals surface area contributed by atoms with Crippen LogP contribution >= 0.6 is 11.3 Å². The van der Waals surface area contributed by atoms with Gasteiger partial charge in [0.2, 0.25) is 5.95 Å². The minimum atomic E-state index is 0.0403. The molecule has 1 fully saturated rings. The average molecular weight is 279 g/mol. The second kappa shape index (κ2) is 4.59. The number of hydrogen-bond acceptors (Lipinski definition) is 7. The number of hydrazine groups is 1. The molecule has 0 spiro atoms. The van der Waals surface area contributed by atoms with Gasteiger partial charge >= 0.3 is 0 Å². The van der Waals surface area contributed by atoms with Crippen molar-refractivity contribution in [2.24, 2.45) is 11.3 Å². The summed E-state index contributed by atoms with van der Waals surface area (Å²) in [7, 11) is 0. The predicted molar refractivity (Wildman–Crippen MR) is 77.2 cm³/mol. The van der Waals surface area contributed by atoms with Gasteiger partial charge < -0.3 is 10.4 Å². The number of thiophene rings is 1. The first-order valence-corrected chi connectivity index (χ1v) is 7.07. The van der Waals surface area contributed by atoms with Crippen LogP contribution in [0.25, 0.3) is 10.2 Å². The first-order chi connectivity index (χ1) is 9.15. The highest BCUT2D eigenvalue weighted by atomic mass is 32.1. The van der Waals surface area contributed by atoms with Crippen LogP contribution in [0, 0.1) is 12.3 Å². The quantitative estimate of drug-likeness (QED) is 0.489. The molecule has 0 amide bonds. The van der Waals surface area contributed by atoms with Crippen LogP contribution in [-0.4, -0.2) is 28.2 Å². The molecular formula is C12H17N5OS. The molecular weight excluding hydrogens is 262 g/mol. The zero-order chi connectivity index (χ0) is 13.5. The van der Waals surface area contributed by atoms with Crippen molar-refractivity contribution in [1.82, 2.24) is 9.97 Å². The Labute approximate surface area is 115 Å². The molecule has 1 aliphatic carbocycles. The molecule has 1 saturated carbocycles. The van der Waals surface area contributed by atoms with E-state index < -0.39 is 0 Å². The van der Waals surface area contributed by atoms with Crippen molar-refractivity contribution >= 4 is 33.3 Å². The molecule has 19 heavy (non-hydrogen) atoms. The Balaban J connectivity index is 1.92. The molecule has 102 valence electrons. The number of nitrogens with two attached hydrogens (primary N) is 1. The molecule has 3 rings (SSSR count). The molecule has 0 aromatic carbocycles. The largest absolute Gasteiger partial charge is 0.396 e. The lowest BCUT2D eigenvalue weighted by molar-refractivity contribution is 0.219. The monoisotopic (exact) mass is 279 g/mol. The van der Waals surface area contributed by atoms with E-state index in [0.717, 1.165) is 35.4 Å². The van der Waals surface area contributed by atoms with Crippen molar-refractivity contribution < 1.29 is 5.11 Å². The fourth-order valence-corrected chi connectivity index (χ4v) is 2.96. The van der Waals surface area contributed by atoms with Crippen LogP contribution in [0.4, 0.5) is 11.8 Å². The maximum Gasteiger partial charge on any atom is 0.240 e. The molecule has 2 aromatic heterocycles. The van der Waals surface area contributed by atoms with Gasteiger partial charge in [0.25, 0.3) is 0 Å². The standard InChI is InChI=1S/C12H17N5OS/c1-7-4-8-9(14-5-12(6-18)2-3-12)15-11(17-13)16-10(8)19-7/h4,18H,2-3,5-6,13H2,1H3,(H2,14,15,16,17). The third kappa shape index (κ3) is 2.36. The van der Waals surface area contributed by atoms with Crippen molar-refractivity contribution in [3.63, 3.8) is 0 Å². The van der Waals surface area contributed by atoms with Crippen molar-refractivity contribution in [2.45, 2.75) is 19.8 Å². The topological polar surface area (TPSA) is 96.1 Å². The van der Waals surface area contributed by atoms with Gasteiger partial charge in [0.05, 0.1) is 12.0 Å². The summed E-state index contributed by atoms with van der Waals surface area (Å²) in [5, 5.41) is 13.7. The van der Waals surface area contributed by atoms with E-state index in [1.165, 1.54) is 4.88 Å². The molecule has 0 atom stereocenters. The second-order valence-corrected chi connectivity index (χ2v) is 6.36. The number of nitrogens with one attached hydrogen (secondary N) is 2. The zero-order valence-corrected chi connectivity index (χ0v) is 11.5. The lowest BCUT2D eigenvalue weighted by atomic mass is 10.1. The Kier molecular flexibility index (Phi) is 3.04. The van der Waals surface area contributed by atoms with Gasteiger partial charge in [0, 0.05) is 16.8 Å². The van der Waals surface area contributed by atoms with E-state index in [9.17, 15) is 5.11 Å². The Morgan fingerprint density at radius 1 is 1.47 bits per heavy atom. The Hall–Kier alpha value is -1.44. The first kappa shape index (κ1) is 12.6. The first-order valence-electron chi connectivity index (χ1n) is 6.25. The molecule has 0 saturated heterocycles. The van der Waals surface area contributed by atoms with Crippen LogP contribution in [0.1, 0.15) is 17.7 Å². The molecule has 0 bridgehead atoms. The van der Waals surface area contributed by atoms with E-state index in [1.807, 2.05) is 6.92 Å². The minimum Gasteiger partial charge on any atom is -0.396 e. The molecule has 0 aliphatic heterocycles. The number of aliphatic hydroxyl groups excluding tert-OH is 1. The molecule has 7 heteroatoms. The number of aliphatic hydroxyl groups is 1. The number of aryl methyl sites for hydroxylation is 1. The van der Waals surface area contributed by atoms with Crippen molar-refractivity contribution in [3.8, 4) is 0 Å². The van der Waals surface area contributed by atoms with Crippen molar-refractivity contribution in [1.29, 1.82) is 0 Å². The molecule has 0 unspecified atom stereocenters. The summed E-state index contributed by atoms with van der Waals surface area (Å²) in [6, 6.07) is 2.07. The fourth-order valence-electron chi connectivity index (χ4n) is 2.08. The number of rotatable bonds is 5. The number of nitrogens with zero attached hydrogens (tertiary/aromatic N) is 2. The summed E-state index contributed by atoms with van der Waals surface area (Å²) in [6.07, 6.45) is 2.13. The van der Waals surface area contributed by atoms with Crippen LogP contribution in [-0.2, 0) is 0 Å². The van der Waals surface area contributed by atoms with Gasteiger partial charge in [-0.3, -0.25) is 5.43 Å². The zero-order valence-electron chi connectivity index (χ0n) is 10.7. The summed E-state index contributed by atoms with van der Waals surface area (Å²) in [5.41, 5.74) is 2.53. The van der Waals surface area contributed by atoms with Crippen molar-refractivity contribution in [2.75, 3.05) is 23.9 Å². The lowest BCUT2D eigenvalue weighted by Gasteiger charge is -2.14. The highest BCUT2D eigenvalue weighted by Gasteiger charge is 2.41. The Bertz CT molecular complexity index is 607. The normalized spacial score (nSPS) is 16.6. The molecule has 5 N–H and O–H groups in total. The van der Waals surface area contributed by atoms with E-state index >= 15 is 0 Å². The molecule has 2 aromatic rings. The number of aromatic nitrogens is 2. The highest BCUT2D eigenvalue weighted by molar-refractivity contribution is 7.18. The van der Waals surface area contributed by atoms with E-state index in [-0.39, 0.29) is 12.0 Å². The molecule has 2 heterocycles. The van der Waals surface area contributed by atoms with Gasteiger partial charge in [-0.1, -0.05) is 0 Å². The lowest BCUT2D eigenvalue weighted by Crippen LogP contribution is -2.20. The van der Waals surface area contributed by atoms with Crippen LogP contribution in [0.2, 0.25) is 0 Å². The molecule has 6 nitrogen and oxygen atoms in total. The Morgan fingerprint density at radius 3 is 2.89 bits per heavy atom. The van der Waals surface area contributed by atoms with Gasteiger partial charge in [-0.15, -0.1) is 11.3 Å². The van der Waals surface area contributed by atoms with Gasteiger partial charge in [-0.25, -0.2) is 10.8 Å². The maximum atomic E-state index is 9.35. The maximum absolute atomic E-state index is 9.35.